The number of allylic oxidation sites excluding steroid dienone is 2. The molecule has 0 heterocycles. The Hall–Kier alpha value is -3.90. The molecule has 190 valence electrons. The summed E-state index contributed by atoms with van der Waals surface area (Å²) in [6.45, 7) is 0. The van der Waals surface area contributed by atoms with E-state index in [-0.39, 0.29) is 23.9 Å². The second kappa shape index (κ2) is 10.4. The van der Waals surface area contributed by atoms with Gasteiger partial charge in [-0.1, -0.05) is 36.1 Å². The molecule has 0 spiro atoms. The summed E-state index contributed by atoms with van der Waals surface area (Å²) in [5, 5.41) is -3.46. The monoisotopic (exact) mass is 532 g/mol. The van der Waals surface area contributed by atoms with Crippen LogP contribution in [0.5, 0.6) is 0 Å². The van der Waals surface area contributed by atoms with E-state index in [1.807, 2.05) is 6.07 Å². The highest BCUT2D eigenvalue weighted by atomic mass is 32.2. The van der Waals surface area contributed by atoms with Crippen LogP contribution in [0.3, 0.4) is 0 Å². The first-order valence-corrected chi connectivity index (χ1v) is 13.3. The third kappa shape index (κ3) is 6.83. The number of guanidine groups is 2. The van der Waals surface area contributed by atoms with Gasteiger partial charge in [-0.25, -0.2) is 4.99 Å². The van der Waals surface area contributed by atoms with Gasteiger partial charge < -0.3 is 22.9 Å². The molecule has 0 saturated carbocycles. The van der Waals surface area contributed by atoms with Crippen molar-refractivity contribution in [3.05, 3.63) is 59.7 Å². The lowest BCUT2D eigenvalue weighted by atomic mass is 9.96. The molecule has 0 radical (unpaired) electrons. The number of aliphatic imine (C=N–C) groups is 2. The number of anilines is 1. The number of nitrogens with two attached hydrogens (primary N) is 4. The number of hydrogen-bond acceptors (Lipinski definition) is 6. The summed E-state index contributed by atoms with van der Waals surface area (Å²) in [5.41, 5.74) is 25.3. The molecule has 1 aliphatic rings. The van der Waals surface area contributed by atoms with Crippen LogP contribution in [0.25, 0.3) is 11.1 Å². The van der Waals surface area contributed by atoms with E-state index < -0.39 is 37.2 Å². The molecule has 14 heteroatoms. The van der Waals surface area contributed by atoms with Crippen molar-refractivity contribution in [3.8, 4) is 23.0 Å². The van der Waals surface area contributed by atoms with E-state index in [9.17, 15) is 25.9 Å². The zero-order chi connectivity index (χ0) is 26.7. The molecule has 2 aromatic carbocycles. The van der Waals surface area contributed by atoms with Crippen molar-refractivity contribution >= 4 is 43.5 Å². The second-order valence-corrected chi connectivity index (χ2v) is 11.2. The van der Waals surface area contributed by atoms with Crippen molar-refractivity contribution in [2.75, 3.05) is 5.73 Å². The maximum Gasteiger partial charge on any atom is 0.269 e. The van der Waals surface area contributed by atoms with E-state index in [2.05, 4.69) is 21.8 Å². The summed E-state index contributed by atoms with van der Waals surface area (Å²) in [4.78, 5) is 7.78. The SMILES string of the molecule is NC(N)=NC(N)=Nc1ccc(-c2cccc(N)c2)c(C#CC2=CC[C@H](S(=O)(=O)O)[C@H](S(=O)(=O)O)C2)c1. The lowest BCUT2D eigenvalue weighted by Crippen LogP contribution is -2.41. The molecule has 2 atom stereocenters. The van der Waals surface area contributed by atoms with Crippen molar-refractivity contribution in [3.63, 3.8) is 0 Å². The highest BCUT2D eigenvalue weighted by Gasteiger charge is 2.42. The highest BCUT2D eigenvalue weighted by molar-refractivity contribution is 7.90. The lowest BCUT2D eigenvalue weighted by molar-refractivity contribution is 0.433. The molecule has 2 aromatic rings. The summed E-state index contributed by atoms with van der Waals surface area (Å²) in [5.74, 6) is 5.31. The van der Waals surface area contributed by atoms with Crippen LogP contribution in [0.2, 0.25) is 0 Å². The Morgan fingerprint density at radius 3 is 2.25 bits per heavy atom. The standard InChI is InChI=1S/C22H24N6O6S2/c23-16-3-1-2-14(11-16)18-8-7-17(27-22(26)28-21(24)25)12-15(18)6-4-13-5-9-19(35(29,30)31)20(10-13)36(32,33)34/h1-3,5,7-8,11-12,19-20H,9-10,23H2,(H,29,30,31)(H,32,33,34)(H6,24,25,26,27,28)/t19-,20+/m0/s1. The molecule has 0 amide bonds. The average molecular weight is 533 g/mol. The Kier molecular flexibility index (Phi) is 7.70. The van der Waals surface area contributed by atoms with Crippen LogP contribution < -0.4 is 22.9 Å². The Morgan fingerprint density at radius 1 is 0.944 bits per heavy atom. The summed E-state index contributed by atoms with van der Waals surface area (Å²) in [7, 11) is -9.51. The fourth-order valence-electron chi connectivity index (χ4n) is 3.65. The van der Waals surface area contributed by atoms with E-state index in [0.29, 0.717) is 22.5 Å². The highest BCUT2D eigenvalue weighted by Crippen LogP contribution is 2.30. The normalized spacial score (nSPS) is 18.5. The van der Waals surface area contributed by atoms with Gasteiger partial charge >= 0.3 is 0 Å². The van der Waals surface area contributed by atoms with Crippen molar-refractivity contribution in [1.82, 2.24) is 0 Å². The number of nitrogens with zero attached hydrogens (tertiary/aromatic N) is 2. The van der Waals surface area contributed by atoms with Crippen molar-refractivity contribution in [2.24, 2.45) is 27.2 Å². The Labute approximate surface area is 208 Å². The van der Waals surface area contributed by atoms with Crippen molar-refractivity contribution in [1.29, 1.82) is 0 Å². The van der Waals surface area contributed by atoms with Gasteiger partial charge in [-0.15, -0.1) is 0 Å². The van der Waals surface area contributed by atoms with Gasteiger partial charge in [0.05, 0.1) is 5.69 Å². The molecule has 12 nitrogen and oxygen atoms in total. The lowest BCUT2D eigenvalue weighted by Gasteiger charge is -2.25. The first kappa shape index (κ1) is 26.7. The third-order valence-electron chi connectivity index (χ3n) is 5.24. The molecular weight excluding hydrogens is 508 g/mol. The van der Waals surface area contributed by atoms with Crippen LogP contribution in [-0.4, -0.2) is 48.4 Å². The molecule has 0 bridgehead atoms. The summed E-state index contributed by atoms with van der Waals surface area (Å²) in [6.07, 6.45) is 0.667. The van der Waals surface area contributed by atoms with Crippen LogP contribution in [0.1, 0.15) is 18.4 Å². The average Bonchev–Trinajstić information content (AvgIpc) is 2.76. The zero-order valence-corrected chi connectivity index (χ0v) is 20.4. The maximum absolute atomic E-state index is 11.8. The fraction of sp³-hybridized carbons (Fsp3) is 0.182. The number of nitrogen functional groups attached to an aromatic ring is 1. The molecule has 10 N–H and O–H groups in total. The third-order valence-corrected chi connectivity index (χ3v) is 7.96. The van der Waals surface area contributed by atoms with Crippen molar-refractivity contribution in [2.45, 2.75) is 23.3 Å². The van der Waals surface area contributed by atoms with Gasteiger partial charge in [-0.05, 0) is 47.4 Å². The van der Waals surface area contributed by atoms with Crippen LogP contribution in [-0.2, 0) is 20.2 Å². The van der Waals surface area contributed by atoms with Gasteiger partial charge in [0.1, 0.15) is 10.5 Å². The minimum absolute atomic E-state index is 0.187. The summed E-state index contributed by atoms with van der Waals surface area (Å²) in [6, 6.07) is 12.0. The Bertz CT molecular complexity index is 1550. The number of rotatable bonds is 4. The Balaban J connectivity index is 2.09. The van der Waals surface area contributed by atoms with Crippen molar-refractivity contribution < 1.29 is 25.9 Å². The van der Waals surface area contributed by atoms with Gasteiger partial charge in [0, 0.05) is 17.7 Å². The van der Waals surface area contributed by atoms with Gasteiger partial charge in [0.25, 0.3) is 20.2 Å². The van der Waals surface area contributed by atoms with E-state index in [0.717, 1.165) is 5.56 Å². The molecule has 0 aliphatic heterocycles. The van der Waals surface area contributed by atoms with Crippen LogP contribution in [0, 0.1) is 11.8 Å². The second-order valence-electron chi connectivity index (χ2n) is 7.89. The molecule has 0 aromatic heterocycles. The van der Waals surface area contributed by atoms with E-state index in [4.69, 9.17) is 22.9 Å². The molecular formula is C22H24N6O6S2. The smallest absolute Gasteiger partial charge is 0.269 e. The topological polar surface area (TPSA) is 238 Å². The number of hydrogen-bond donors (Lipinski definition) is 6. The van der Waals surface area contributed by atoms with Gasteiger partial charge in [-0.2, -0.15) is 21.8 Å². The van der Waals surface area contributed by atoms with Crippen LogP contribution >= 0.6 is 0 Å². The van der Waals surface area contributed by atoms with Gasteiger partial charge in [0.15, 0.2) is 5.96 Å². The largest absolute Gasteiger partial charge is 0.399 e. The molecule has 0 unspecified atom stereocenters. The molecule has 1 aliphatic carbocycles. The maximum atomic E-state index is 11.8. The number of benzene rings is 2. The fourth-order valence-corrected chi connectivity index (χ4v) is 6.20. The van der Waals surface area contributed by atoms with Gasteiger partial charge in [0.2, 0.25) is 5.96 Å². The Morgan fingerprint density at radius 2 is 1.64 bits per heavy atom. The predicted molar refractivity (Wildman–Crippen MR) is 138 cm³/mol. The molecule has 0 fully saturated rings. The van der Waals surface area contributed by atoms with Crippen LogP contribution in [0.15, 0.2) is 64.1 Å². The predicted octanol–water partition coefficient (Wildman–Crippen LogP) is 0.740. The first-order valence-electron chi connectivity index (χ1n) is 10.3. The molecule has 0 saturated heterocycles. The van der Waals surface area contributed by atoms with Gasteiger partial charge in [-0.3, -0.25) is 9.11 Å². The first-order chi connectivity index (χ1) is 16.7. The van der Waals surface area contributed by atoms with E-state index in [1.165, 1.54) is 6.08 Å². The molecule has 3 rings (SSSR count). The zero-order valence-electron chi connectivity index (χ0n) is 18.7. The minimum Gasteiger partial charge on any atom is -0.399 e. The molecule has 36 heavy (non-hydrogen) atoms. The quantitative estimate of drug-likeness (QED) is 0.106. The minimum atomic E-state index is -4.79. The van der Waals surface area contributed by atoms with Crippen LogP contribution in [0.4, 0.5) is 11.4 Å². The summed E-state index contributed by atoms with van der Waals surface area (Å²) >= 11 is 0. The van der Waals surface area contributed by atoms with E-state index in [1.54, 1.807) is 36.4 Å². The van der Waals surface area contributed by atoms with E-state index >= 15 is 0 Å². The summed E-state index contributed by atoms with van der Waals surface area (Å²) < 4.78 is 65.7.